The molecular formula is C24H27FN2O2Y. The molecule has 0 fully saturated rings. The number of para-hydroxylation sites is 1. The van der Waals surface area contributed by atoms with E-state index in [9.17, 15) is 9.60 Å². The molecule has 1 aliphatic rings. The van der Waals surface area contributed by atoms with Crippen LogP contribution >= 0.6 is 0 Å². The SMILES string of the molecule is CC.COc1ccc(-c2cccc3c(CC4=CC(F)=CNC4)cn(O)c23)cc1C.[Y]. The molecule has 0 amide bonds. The van der Waals surface area contributed by atoms with Crippen LogP contribution in [0, 0.1) is 6.92 Å². The molecule has 30 heavy (non-hydrogen) atoms. The number of nitrogens with zero attached hydrogens (tertiary/aromatic N) is 1. The number of dihydropyridines is 1. The molecule has 1 aromatic heterocycles. The Morgan fingerprint density at radius 3 is 2.63 bits per heavy atom. The molecule has 1 radical (unpaired) electrons. The smallest absolute Gasteiger partial charge is 0.138 e. The number of benzene rings is 2. The van der Waals surface area contributed by atoms with Gasteiger partial charge in [-0.05, 0) is 53.8 Å². The van der Waals surface area contributed by atoms with Crippen molar-refractivity contribution in [1.29, 1.82) is 0 Å². The van der Waals surface area contributed by atoms with Gasteiger partial charge in [-0.1, -0.05) is 38.1 Å². The first-order chi connectivity index (χ1) is 14.1. The van der Waals surface area contributed by atoms with Gasteiger partial charge in [-0.25, -0.2) is 4.39 Å². The van der Waals surface area contributed by atoms with Gasteiger partial charge in [0.1, 0.15) is 11.6 Å². The van der Waals surface area contributed by atoms with Gasteiger partial charge in [-0.15, -0.1) is 0 Å². The van der Waals surface area contributed by atoms with Crippen LogP contribution in [0.2, 0.25) is 0 Å². The predicted octanol–water partition coefficient (Wildman–Crippen LogP) is 5.77. The van der Waals surface area contributed by atoms with E-state index in [0.717, 1.165) is 44.5 Å². The van der Waals surface area contributed by atoms with E-state index in [1.54, 1.807) is 19.4 Å². The van der Waals surface area contributed by atoms with Gasteiger partial charge in [-0.2, -0.15) is 4.73 Å². The van der Waals surface area contributed by atoms with E-state index in [1.165, 1.54) is 10.9 Å². The Kier molecular flexibility index (Phi) is 8.69. The summed E-state index contributed by atoms with van der Waals surface area (Å²) in [5.74, 6) is 0.552. The van der Waals surface area contributed by atoms with Gasteiger partial charge < -0.3 is 15.3 Å². The van der Waals surface area contributed by atoms with E-state index in [4.69, 9.17) is 4.74 Å². The first-order valence-electron chi connectivity index (χ1n) is 9.82. The number of nitrogens with one attached hydrogen (secondary N) is 1. The Hall–Kier alpha value is -2.11. The van der Waals surface area contributed by atoms with E-state index in [2.05, 4.69) is 5.32 Å². The van der Waals surface area contributed by atoms with Gasteiger partial charge in [0.15, 0.2) is 0 Å². The molecular weight excluding hydrogens is 456 g/mol. The molecule has 0 unspecified atom stereocenters. The zero-order chi connectivity index (χ0) is 21.0. The van der Waals surface area contributed by atoms with Crippen LogP contribution in [-0.2, 0) is 39.1 Å². The fraction of sp³-hybridized carbons (Fsp3) is 0.250. The Morgan fingerprint density at radius 1 is 1.20 bits per heavy atom. The van der Waals surface area contributed by atoms with E-state index >= 15 is 0 Å². The van der Waals surface area contributed by atoms with Crippen molar-refractivity contribution in [3.63, 3.8) is 0 Å². The number of fused-ring (bicyclic) bond motifs is 1. The van der Waals surface area contributed by atoms with Crippen molar-refractivity contribution < 1.29 is 47.0 Å². The van der Waals surface area contributed by atoms with Crippen LogP contribution in [0.3, 0.4) is 0 Å². The first kappa shape index (κ1) is 24.2. The maximum atomic E-state index is 13.5. The zero-order valence-corrected chi connectivity index (χ0v) is 20.7. The fourth-order valence-corrected chi connectivity index (χ4v) is 3.68. The van der Waals surface area contributed by atoms with Gasteiger partial charge in [0, 0.05) is 62.6 Å². The van der Waals surface area contributed by atoms with Crippen molar-refractivity contribution in [3.05, 3.63) is 77.4 Å². The summed E-state index contributed by atoms with van der Waals surface area (Å²) in [4.78, 5) is 0. The maximum Gasteiger partial charge on any atom is 0.138 e. The second kappa shape index (κ2) is 10.8. The van der Waals surface area contributed by atoms with E-state index in [1.807, 2.05) is 57.2 Å². The van der Waals surface area contributed by atoms with Crippen molar-refractivity contribution in [2.24, 2.45) is 0 Å². The van der Waals surface area contributed by atoms with Crippen molar-refractivity contribution in [2.75, 3.05) is 13.7 Å². The van der Waals surface area contributed by atoms with Crippen molar-refractivity contribution >= 4 is 10.9 Å². The molecule has 4 nitrogen and oxygen atoms in total. The molecule has 4 rings (SSSR count). The number of rotatable bonds is 4. The third-order valence-electron chi connectivity index (χ3n) is 4.92. The molecule has 0 spiro atoms. The molecule has 2 heterocycles. The minimum absolute atomic E-state index is 0. The number of ether oxygens (including phenoxy) is 1. The van der Waals surface area contributed by atoms with Gasteiger partial charge in [0.2, 0.25) is 0 Å². The molecule has 2 aromatic carbocycles. The van der Waals surface area contributed by atoms with Crippen LogP contribution in [0.4, 0.5) is 4.39 Å². The van der Waals surface area contributed by atoms with E-state index in [0.29, 0.717) is 13.0 Å². The van der Waals surface area contributed by atoms with Gasteiger partial charge in [-0.3, -0.25) is 0 Å². The summed E-state index contributed by atoms with van der Waals surface area (Å²) in [5, 5.41) is 14.4. The van der Waals surface area contributed by atoms with Crippen molar-refractivity contribution in [3.8, 4) is 16.9 Å². The van der Waals surface area contributed by atoms with Gasteiger partial charge in [0.05, 0.1) is 12.6 Å². The summed E-state index contributed by atoms with van der Waals surface area (Å²) in [5.41, 5.74) is 5.62. The molecule has 1 aliphatic heterocycles. The summed E-state index contributed by atoms with van der Waals surface area (Å²) >= 11 is 0. The van der Waals surface area contributed by atoms with Crippen LogP contribution in [-0.4, -0.2) is 23.6 Å². The first-order valence-corrected chi connectivity index (χ1v) is 9.82. The normalized spacial score (nSPS) is 12.7. The number of halogens is 1. The minimum atomic E-state index is -0.279. The molecule has 3 aromatic rings. The van der Waals surface area contributed by atoms with E-state index in [-0.39, 0.29) is 38.5 Å². The second-order valence-corrected chi connectivity index (χ2v) is 6.77. The Bertz CT molecular complexity index is 1090. The third-order valence-corrected chi connectivity index (χ3v) is 4.92. The molecule has 0 saturated heterocycles. The average Bonchev–Trinajstić information content (AvgIpc) is 3.05. The molecule has 0 aliphatic carbocycles. The van der Waals surface area contributed by atoms with Crippen LogP contribution < -0.4 is 10.1 Å². The number of hydrogen-bond acceptors (Lipinski definition) is 3. The minimum Gasteiger partial charge on any atom is -0.496 e. The maximum absolute atomic E-state index is 13.5. The molecule has 2 N–H and O–H groups in total. The Balaban J connectivity index is 0.00000104. The standard InChI is InChI=1S/C22H21FN2O2.C2H6.Y/c1-14-8-16(6-7-21(14)27-2)19-4-3-5-20-17(13-25(26)22(19)20)9-15-10-18(23)12-24-11-15;1-2;/h3-8,10,12-13,24,26H,9,11H2,1-2H3;1-2H3;. The molecule has 6 heteroatoms. The Labute approximate surface area is 202 Å². The van der Waals surface area contributed by atoms with Gasteiger partial charge >= 0.3 is 0 Å². The molecule has 0 bridgehead atoms. The fourth-order valence-electron chi connectivity index (χ4n) is 3.68. The molecule has 0 atom stereocenters. The van der Waals surface area contributed by atoms with Crippen molar-refractivity contribution in [1.82, 2.24) is 10.0 Å². The number of aryl methyl sites for hydroxylation is 1. The summed E-state index contributed by atoms with van der Waals surface area (Å²) < 4.78 is 20.0. The quantitative estimate of drug-likeness (QED) is 0.464. The molecule has 0 saturated carbocycles. The summed E-state index contributed by atoms with van der Waals surface area (Å²) in [6, 6.07) is 11.9. The van der Waals surface area contributed by atoms with Crippen molar-refractivity contribution in [2.45, 2.75) is 27.2 Å². The second-order valence-electron chi connectivity index (χ2n) is 6.77. The molecule has 155 valence electrons. The van der Waals surface area contributed by atoms with Crippen LogP contribution in [0.5, 0.6) is 5.75 Å². The summed E-state index contributed by atoms with van der Waals surface area (Å²) in [7, 11) is 1.65. The predicted molar refractivity (Wildman–Crippen MR) is 116 cm³/mol. The summed E-state index contributed by atoms with van der Waals surface area (Å²) in [6.45, 7) is 6.60. The van der Waals surface area contributed by atoms with Crippen LogP contribution in [0.1, 0.15) is 25.0 Å². The topological polar surface area (TPSA) is 46.4 Å². The Morgan fingerprint density at radius 2 is 1.97 bits per heavy atom. The third kappa shape index (κ3) is 4.96. The zero-order valence-electron chi connectivity index (χ0n) is 17.9. The average molecular weight is 483 g/mol. The van der Waals surface area contributed by atoms with E-state index < -0.39 is 0 Å². The number of methoxy groups -OCH3 is 1. The monoisotopic (exact) mass is 483 g/mol. The number of allylic oxidation sites excluding steroid dienone is 2. The van der Waals surface area contributed by atoms with Crippen LogP contribution in [0.15, 0.2) is 66.3 Å². The number of hydrogen-bond donors (Lipinski definition) is 2. The largest absolute Gasteiger partial charge is 0.496 e. The van der Waals surface area contributed by atoms with Crippen LogP contribution in [0.25, 0.3) is 22.0 Å². The summed E-state index contributed by atoms with van der Waals surface area (Å²) in [6.07, 6.45) is 5.20. The number of aromatic nitrogens is 1. The van der Waals surface area contributed by atoms with Gasteiger partial charge in [0.25, 0.3) is 0 Å².